The molecule has 1 atom stereocenters. The van der Waals surface area contributed by atoms with Gasteiger partial charge in [-0.3, -0.25) is 4.79 Å². The fraction of sp³-hybridized carbons (Fsp3) is 0.923. The normalized spacial score (nSPS) is 21.4. The highest BCUT2D eigenvalue weighted by Crippen LogP contribution is 2.35. The first kappa shape index (κ1) is 13.8. The Morgan fingerprint density at radius 2 is 2.00 bits per heavy atom. The molecule has 1 rings (SSSR count). The smallest absolute Gasteiger partial charge is 0.225 e. The Bertz CT molecular complexity index is 224. The number of amides is 1. The maximum Gasteiger partial charge on any atom is 0.225 e. The Morgan fingerprint density at radius 1 is 1.38 bits per heavy atom. The quantitative estimate of drug-likeness (QED) is 0.739. The van der Waals surface area contributed by atoms with Crippen LogP contribution < -0.4 is 5.32 Å². The molecular formula is C13H24ClNO. The van der Waals surface area contributed by atoms with Crippen molar-refractivity contribution in [2.45, 2.75) is 64.2 Å². The van der Waals surface area contributed by atoms with Gasteiger partial charge in [-0.15, -0.1) is 11.6 Å². The first-order valence-electron chi connectivity index (χ1n) is 6.51. The van der Waals surface area contributed by atoms with Crippen molar-refractivity contribution in [3.8, 4) is 0 Å². The maximum atomic E-state index is 12.1. The molecule has 0 saturated heterocycles. The highest BCUT2D eigenvalue weighted by molar-refractivity contribution is 6.20. The Hall–Kier alpha value is -0.240. The van der Waals surface area contributed by atoms with Gasteiger partial charge < -0.3 is 5.32 Å². The highest BCUT2D eigenvalue weighted by Gasteiger charge is 2.34. The van der Waals surface area contributed by atoms with Gasteiger partial charge in [0.15, 0.2) is 0 Å². The summed E-state index contributed by atoms with van der Waals surface area (Å²) in [6.07, 6.45) is 7.74. The Morgan fingerprint density at radius 3 is 2.56 bits per heavy atom. The lowest BCUT2D eigenvalue weighted by atomic mass is 9.75. The first-order chi connectivity index (χ1) is 7.58. The van der Waals surface area contributed by atoms with Gasteiger partial charge in [-0.1, -0.05) is 39.5 Å². The van der Waals surface area contributed by atoms with Crippen LogP contribution in [0.4, 0.5) is 0 Å². The number of rotatable bonds is 5. The van der Waals surface area contributed by atoms with Crippen molar-refractivity contribution in [1.82, 2.24) is 5.32 Å². The summed E-state index contributed by atoms with van der Waals surface area (Å²) in [5, 5.41) is 3.09. The minimum Gasteiger partial charge on any atom is -0.354 e. The molecule has 1 N–H and O–H groups in total. The average molecular weight is 246 g/mol. The van der Waals surface area contributed by atoms with Crippen molar-refractivity contribution in [1.29, 1.82) is 0 Å². The summed E-state index contributed by atoms with van der Waals surface area (Å²) in [5.41, 5.74) is -0.138. The van der Waals surface area contributed by atoms with Crippen LogP contribution in [-0.2, 0) is 4.79 Å². The molecular weight excluding hydrogens is 222 g/mol. The monoisotopic (exact) mass is 245 g/mol. The standard InChI is InChI=1S/C13H24ClNO/c1-3-7-11(14)10-15-12(16)13(2)8-5-4-6-9-13/h11H,3-10H2,1-2H3,(H,15,16). The van der Waals surface area contributed by atoms with E-state index in [4.69, 9.17) is 11.6 Å². The summed E-state index contributed by atoms with van der Waals surface area (Å²) in [7, 11) is 0. The molecule has 3 heteroatoms. The second-order valence-corrected chi connectivity index (χ2v) is 5.83. The summed E-state index contributed by atoms with van der Waals surface area (Å²) in [4.78, 5) is 12.1. The Labute approximate surface area is 104 Å². The molecule has 1 amide bonds. The van der Waals surface area contributed by atoms with E-state index in [1.807, 2.05) is 0 Å². The zero-order valence-corrected chi connectivity index (χ0v) is 11.3. The fourth-order valence-corrected chi connectivity index (χ4v) is 2.69. The summed E-state index contributed by atoms with van der Waals surface area (Å²) < 4.78 is 0. The topological polar surface area (TPSA) is 29.1 Å². The van der Waals surface area contributed by atoms with Gasteiger partial charge in [0.25, 0.3) is 0 Å². The zero-order valence-electron chi connectivity index (χ0n) is 10.5. The molecule has 1 saturated carbocycles. The lowest BCUT2D eigenvalue weighted by Gasteiger charge is -2.32. The third-order valence-electron chi connectivity index (χ3n) is 3.59. The molecule has 0 aromatic carbocycles. The number of carbonyl (C=O) groups excluding carboxylic acids is 1. The molecule has 0 bridgehead atoms. The molecule has 1 fully saturated rings. The van der Waals surface area contributed by atoms with Gasteiger partial charge in [0.05, 0.1) is 5.38 Å². The average Bonchev–Trinajstić information content (AvgIpc) is 2.27. The van der Waals surface area contributed by atoms with Crippen LogP contribution in [0.5, 0.6) is 0 Å². The van der Waals surface area contributed by atoms with Gasteiger partial charge in [0, 0.05) is 12.0 Å². The number of alkyl halides is 1. The van der Waals surface area contributed by atoms with Gasteiger partial charge in [-0.2, -0.15) is 0 Å². The summed E-state index contributed by atoms with van der Waals surface area (Å²) >= 11 is 6.09. The lowest BCUT2D eigenvalue weighted by Crippen LogP contribution is -2.42. The summed E-state index contributed by atoms with van der Waals surface area (Å²) in [6.45, 7) is 4.81. The number of hydrogen-bond donors (Lipinski definition) is 1. The molecule has 0 aliphatic heterocycles. The number of carbonyl (C=O) groups is 1. The second-order valence-electron chi connectivity index (χ2n) is 5.22. The van der Waals surface area contributed by atoms with Crippen LogP contribution >= 0.6 is 11.6 Å². The van der Waals surface area contributed by atoms with Crippen LogP contribution in [0.2, 0.25) is 0 Å². The third-order valence-corrected chi connectivity index (χ3v) is 3.96. The van der Waals surface area contributed by atoms with Crippen molar-refractivity contribution >= 4 is 17.5 Å². The predicted molar refractivity (Wildman–Crippen MR) is 68.8 cm³/mol. The molecule has 16 heavy (non-hydrogen) atoms. The van der Waals surface area contributed by atoms with Crippen LogP contribution in [0, 0.1) is 5.41 Å². The van der Waals surface area contributed by atoms with Crippen LogP contribution in [0.25, 0.3) is 0 Å². The van der Waals surface area contributed by atoms with E-state index >= 15 is 0 Å². The lowest BCUT2D eigenvalue weighted by molar-refractivity contribution is -0.131. The molecule has 1 aliphatic carbocycles. The van der Waals surface area contributed by atoms with Crippen molar-refractivity contribution in [3.63, 3.8) is 0 Å². The van der Waals surface area contributed by atoms with Crippen molar-refractivity contribution in [2.75, 3.05) is 6.54 Å². The zero-order chi connectivity index (χ0) is 12.0. The molecule has 2 nitrogen and oxygen atoms in total. The summed E-state index contributed by atoms with van der Waals surface area (Å²) in [5.74, 6) is 0.203. The summed E-state index contributed by atoms with van der Waals surface area (Å²) in [6, 6.07) is 0. The minimum absolute atomic E-state index is 0.0844. The van der Waals surface area contributed by atoms with Gasteiger partial charge in [-0.25, -0.2) is 0 Å². The van der Waals surface area contributed by atoms with Gasteiger partial charge in [0.1, 0.15) is 0 Å². The molecule has 1 aliphatic rings. The predicted octanol–water partition coefficient (Wildman–Crippen LogP) is 3.48. The van der Waals surface area contributed by atoms with Crippen molar-refractivity contribution in [3.05, 3.63) is 0 Å². The molecule has 0 spiro atoms. The van der Waals surface area contributed by atoms with E-state index in [2.05, 4.69) is 19.2 Å². The molecule has 0 radical (unpaired) electrons. The Kier molecular flexibility index (Phi) is 5.60. The molecule has 94 valence electrons. The van der Waals surface area contributed by atoms with Crippen LogP contribution in [0.3, 0.4) is 0 Å². The largest absolute Gasteiger partial charge is 0.354 e. The number of nitrogens with one attached hydrogen (secondary N) is 1. The van der Waals surface area contributed by atoms with Crippen LogP contribution in [-0.4, -0.2) is 17.8 Å². The van der Waals surface area contributed by atoms with E-state index < -0.39 is 0 Å². The molecule has 0 aromatic heterocycles. The highest BCUT2D eigenvalue weighted by atomic mass is 35.5. The maximum absolute atomic E-state index is 12.1. The van der Waals surface area contributed by atoms with E-state index in [9.17, 15) is 4.79 Å². The van der Waals surface area contributed by atoms with Crippen LogP contribution in [0.15, 0.2) is 0 Å². The SMILES string of the molecule is CCCC(Cl)CNC(=O)C1(C)CCCCC1. The van der Waals surface area contributed by atoms with E-state index in [-0.39, 0.29) is 16.7 Å². The van der Waals surface area contributed by atoms with E-state index in [0.717, 1.165) is 25.7 Å². The molecule has 0 aromatic rings. The van der Waals surface area contributed by atoms with Gasteiger partial charge >= 0.3 is 0 Å². The number of hydrogen-bond acceptors (Lipinski definition) is 1. The van der Waals surface area contributed by atoms with Crippen LogP contribution in [0.1, 0.15) is 58.8 Å². The molecule has 0 heterocycles. The Balaban J connectivity index is 2.33. The van der Waals surface area contributed by atoms with Gasteiger partial charge in [0.2, 0.25) is 5.91 Å². The fourth-order valence-electron chi connectivity index (χ4n) is 2.39. The minimum atomic E-state index is -0.138. The molecule has 1 unspecified atom stereocenters. The van der Waals surface area contributed by atoms with Crippen molar-refractivity contribution < 1.29 is 4.79 Å². The van der Waals surface area contributed by atoms with E-state index in [0.29, 0.717) is 6.54 Å². The van der Waals surface area contributed by atoms with Gasteiger partial charge in [-0.05, 0) is 19.3 Å². The number of halogens is 1. The second kappa shape index (κ2) is 6.48. The van der Waals surface area contributed by atoms with E-state index in [1.54, 1.807) is 0 Å². The van der Waals surface area contributed by atoms with Crippen molar-refractivity contribution in [2.24, 2.45) is 5.41 Å². The first-order valence-corrected chi connectivity index (χ1v) is 6.94. The third kappa shape index (κ3) is 3.97. The van der Waals surface area contributed by atoms with E-state index in [1.165, 1.54) is 19.3 Å².